The summed E-state index contributed by atoms with van der Waals surface area (Å²) >= 11 is 0. The van der Waals surface area contributed by atoms with E-state index in [0.29, 0.717) is 12.8 Å². The van der Waals surface area contributed by atoms with Gasteiger partial charge < -0.3 is 5.11 Å². The van der Waals surface area contributed by atoms with Gasteiger partial charge in [0.05, 0.1) is 5.41 Å². The molecule has 1 fully saturated rings. The zero-order chi connectivity index (χ0) is 9.90. The summed E-state index contributed by atoms with van der Waals surface area (Å²) in [4.78, 5) is 22.2. The monoisotopic (exact) mass is 185 g/mol. The molecule has 4 heteroatoms. The molecule has 0 aromatic heterocycles. The van der Waals surface area contributed by atoms with Crippen LogP contribution in [0.1, 0.15) is 32.6 Å². The van der Waals surface area contributed by atoms with Gasteiger partial charge in [0.15, 0.2) is 0 Å². The first-order chi connectivity index (χ1) is 6.08. The summed E-state index contributed by atoms with van der Waals surface area (Å²) < 4.78 is 0. The lowest BCUT2D eigenvalue weighted by atomic mass is 9.83. The molecule has 1 unspecified atom stereocenters. The van der Waals surface area contributed by atoms with E-state index in [-0.39, 0.29) is 24.8 Å². The first-order valence-electron chi connectivity index (χ1n) is 4.54. The number of aliphatic hydroxyl groups is 1. The van der Waals surface area contributed by atoms with Crippen LogP contribution >= 0.6 is 0 Å². The highest BCUT2D eigenvalue weighted by Crippen LogP contribution is 2.32. The molecular formula is C9H15NO3. The van der Waals surface area contributed by atoms with Crippen LogP contribution in [0.4, 0.5) is 0 Å². The van der Waals surface area contributed by atoms with Crippen LogP contribution in [0.5, 0.6) is 0 Å². The molecule has 0 aromatic rings. The topological polar surface area (TPSA) is 66.4 Å². The van der Waals surface area contributed by atoms with Crippen molar-refractivity contribution in [2.45, 2.75) is 32.6 Å². The van der Waals surface area contributed by atoms with Crippen LogP contribution in [0.2, 0.25) is 0 Å². The standard InChI is InChI=1S/C9H15NO3/c1-9(4-2-3-5-11)6-7(12)10-8(9)13/h11H,2-6H2,1H3,(H,10,12,13). The van der Waals surface area contributed by atoms with Crippen LogP contribution in [-0.2, 0) is 9.59 Å². The van der Waals surface area contributed by atoms with Crippen LogP contribution in [0, 0.1) is 5.41 Å². The van der Waals surface area contributed by atoms with Crippen molar-refractivity contribution >= 4 is 11.8 Å². The van der Waals surface area contributed by atoms with Gasteiger partial charge >= 0.3 is 0 Å². The van der Waals surface area contributed by atoms with Gasteiger partial charge in [-0.05, 0) is 12.8 Å². The van der Waals surface area contributed by atoms with Crippen molar-refractivity contribution in [3.63, 3.8) is 0 Å². The Labute approximate surface area is 77.3 Å². The van der Waals surface area contributed by atoms with E-state index in [9.17, 15) is 9.59 Å². The molecule has 1 saturated heterocycles. The minimum Gasteiger partial charge on any atom is -0.396 e. The van der Waals surface area contributed by atoms with Crippen LogP contribution in [0.15, 0.2) is 0 Å². The number of rotatable bonds is 4. The van der Waals surface area contributed by atoms with Gasteiger partial charge in [0.2, 0.25) is 11.8 Å². The Morgan fingerprint density at radius 2 is 2.15 bits per heavy atom. The molecule has 0 radical (unpaired) electrons. The highest BCUT2D eigenvalue weighted by atomic mass is 16.3. The summed E-state index contributed by atoms with van der Waals surface area (Å²) in [5, 5.41) is 10.9. The summed E-state index contributed by atoms with van der Waals surface area (Å²) in [5.74, 6) is -0.355. The fraction of sp³-hybridized carbons (Fsp3) is 0.778. The molecule has 4 nitrogen and oxygen atoms in total. The molecule has 1 rings (SSSR count). The first-order valence-corrected chi connectivity index (χ1v) is 4.54. The molecule has 0 spiro atoms. The third-order valence-electron chi connectivity index (χ3n) is 2.49. The Hall–Kier alpha value is -0.900. The van der Waals surface area contributed by atoms with E-state index in [1.54, 1.807) is 6.92 Å². The summed E-state index contributed by atoms with van der Waals surface area (Å²) in [6.07, 6.45) is 2.44. The number of imide groups is 1. The van der Waals surface area contributed by atoms with E-state index in [0.717, 1.165) is 6.42 Å². The molecule has 2 amide bonds. The van der Waals surface area contributed by atoms with Crippen LogP contribution in [-0.4, -0.2) is 23.5 Å². The number of aliphatic hydroxyl groups excluding tert-OH is 1. The van der Waals surface area contributed by atoms with Crippen LogP contribution < -0.4 is 5.32 Å². The number of hydrogen-bond acceptors (Lipinski definition) is 3. The molecule has 2 N–H and O–H groups in total. The van der Waals surface area contributed by atoms with Gasteiger partial charge in [-0.1, -0.05) is 13.3 Å². The maximum absolute atomic E-state index is 11.3. The van der Waals surface area contributed by atoms with E-state index in [1.165, 1.54) is 0 Å². The largest absolute Gasteiger partial charge is 0.396 e. The Balaban J connectivity index is 2.46. The van der Waals surface area contributed by atoms with Crippen molar-refractivity contribution in [3.05, 3.63) is 0 Å². The highest BCUT2D eigenvalue weighted by molar-refractivity contribution is 6.05. The molecular weight excluding hydrogens is 170 g/mol. The minimum atomic E-state index is -0.535. The Morgan fingerprint density at radius 3 is 2.62 bits per heavy atom. The zero-order valence-electron chi connectivity index (χ0n) is 7.80. The summed E-state index contributed by atoms with van der Waals surface area (Å²) in [6, 6.07) is 0. The summed E-state index contributed by atoms with van der Waals surface area (Å²) in [6.45, 7) is 1.94. The second kappa shape index (κ2) is 3.87. The van der Waals surface area contributed by atoms with Crippen molar-refractivity contribution < 1.29 is 14.7 Å². The van der Waals surface area contributed by atoms with Gasteiger partial charge in [-0.2, -0.15) is 0 Å². The number of unbranched alkanes of at least 4 members (excludes halogenated alkanes) is 1. The van der Waals surface area contributed by atoms with Gasteiger partial charge in [0.25, 0.3) is 0 Å². The van der Waals surface area contributed by atoms with Gasteiger partial charge in [0.1, 0.15) is 0 Å². The summed E-state index contributed by atoms with van der Waals surface area (Å²) in [7, 11) is 0. The van der Waals surface area contributed by atoms with Crippen molar-refractivity contribution in [1.29, 1.82) is 0 Å². The smallest absolute Gasteiger partial charge is 0.233 e. The van der Waals surface area contributed by atoms with Gasteiger partial charge in [-0.3, -0.25) is 14.9 Å². The number of nitrogens with one attached hydrogen (secondary N) is 1. The van der Waals surface area contributed by atoms with Gasteiger partial charge in [0, 0.05) is 13.0 Å². The lowest BCUT2D eigenvalue weighted by Crippen LogP contribution is -2.28. The SMILES string of the molecule is CC1(CCCCO)CC(=O)NC1=O. The molecule has 1 atom stereocenters. The van der Waals surface area contributed by atoms with E-state index in [4.69, 9.17) is 5.11 Å². The molecule has 1 heterocycles. The van der Waals surface area contributed by atoms with Crippen LogP contribution in [0.3, 0.4) is 0 Å². The Kier molecular flexibility index (Phi) is 3.03. The number of carbonyl (C=O) groups excluding carboxylic acids is 2. The molecule has 0 saturated carbocycles. The van der Waals surface area contributed by atoms with Gasteiger partial charge in [-0.15, -0.1) is 0 Å². The molecule has 1 aliphatic rings. The molecule has 74 valence electrons. The van der Waals surface area contributed by atoms with Crippen LogP contribution in [0.25, 0.3) is 0 Å². The first kappa shape index (κ1) is 10.2. The minimum absolute atomic E-state index is 0.144. The van der Waals surface area contributed by atoms with Crippen molar-refractivity contribution in [2.75, 3.05) is 6.61 Å². The Morgan fingerprint density at radius 1 is 1.46 bits per heavy atom. The van der Waals surface area contributed by atoms with E-state index >= 15 is 0 Å². The average molecular weight is 185 g/mol. The molecule has 0 bridgehead atoms. The number of amides is 2. The van der Waals surface area contributed by atoms with Gasteiger partial charge in [-0.25, -0.2) is 0 Å². The average Bonchev–Trinajstić information content (AvgIpc) is 2.27. The van der Waals surface area contributed by atoms with Crippen molar-refractivity contribution in [3.8, 4) is 0 Å². The number of carbonyl (C=O) groups is 2. The predicted octanol–water partition coefficient (Wildman–Crippen LogP) is 0.202. The van der Waals surface area contributed by atoms with E-state index < -0.39 is 5.41 Å². The maximum atomic E-state index is 11.3. The zero-order valence-corrected chi connectivity index (χ0v) is 7.80. The fourth-order valence-corrected chi connectivity index (χ4v) is 1.59. The Bertz CT molecular complexity index is 227. The predicted molar refractivity (Wildman–Crippen MR) is 46.8 cm³/mol. The fourth-order valence-electron chi connectivity index (χ4n) is 1.59. The third kappa shape index (κ3) is 2.28. The molecule has 13 heavy (non-hydrogen) atoms. The normalized spacial score (nSPS) is 27.8. The second-order valence-corrected chi connectivity index (χ2v) is 3.80. The maximum Gasteiger partial charge on any atom is 0.233 e. The van der Waals surface area contributed by atoms with E-state index in [1.807, 2.05) is 0 Å². The quantitative estimate of drug-likeness (QED) is 0.485. The summed E-state index contributed by atoms with van der Waals surface area (Å²) in [5.41, 5.74) is -0.535. The molecule has 1 aliphatic heterocycles. The molecule has 0 aromatic carbocycles. The van der Waals surface area contributed by atoms with E-state index in [2.05, 4.69) is 5.32 Å². The third-order valence-corrected chi connectivity index (χ3v) is 2.49. The lowest BCUT2D eigenvalue weighted by molar-refractivity contribution is -0.128. The number of hydrogen-bond donors (Lipinski definition) is 2. The molecule has 0 aliphatic carbocycles. The van der Waals surface area contributed by atoms with Crippen molar-refractivity contribution in [1.82, 2.24) is 5.32 Å². The second-order valence-electron chi connectivity index (χ2n) is 3.80. The highest BCUT2D eigenvalue weighted by Gasteiger charge is 2.41. The lowest BCUT2D eigenvalue weighted by Gasteiger charge is -2.18. The van der Waals surface area contributed by atoms with Crippen molar-refractivity contribution in [2.24, 2.45) is 5.41 Å².